The smallest absolute Gasteiger partial charge is 0.329 e. The maximum Gasteiger partial charge on any atom is 0.329 e. The van der Waals surface area contributed by atoms with Gasteiger partial charge >= 0.3 is 5.97 Å². The van der Waals surface area contributed by atoms with Gasteiger partial charge in [-0.2, -0.15) is 0 Å². The van der Waals surface area contributed by atoms with Crippen LogP contribution in [0.3, 0.4) is 0 Å². The van der Waals surface area contributed by atoms with Crippen LogP contribution in [0.4, 0.5) is 5.69 Å². The van der Waals surface area contributed by atoms with E-state index in [0.29, 0.717) is 18.7 Å². The number of ether oxygens (including phenoxy) is 1. The van der Waals surface area contributed by atoms with E-state index in [1.165, 1.54) is 0 Å². The van der Waals surface area contributed by atoms with Crippen molar-refractivity contribution in [2.75, 3.05) is 31.1 Å². The Morgan fingerprint density at radius 3 is 2.26 bits per heavy atom. The standard InChI is InChI=1S/C24H29N3O4/c1-17-8-7-9-20(16-17)22(28)25-18(2)24(30)31-19(3)23(29)27-14-12-26(13-15-27)21-10-5-4-6-11-21/h4-11,16,18-19H,12-15H2,1-3H3,(H,25,28)/t18-,19-/m0/s1. The highest BCUT2D eigenvalue weighted by Crippen LogP contribution is 2.16. The normalized spacial score (nSPS) is 15.7. The molecule has 2 amide bonds. The number of rotatable bonds is 6. The van der Waals surface area contributed by atoms with Gasteiger partial charge in [-0.25, -0.2) is 4.79 Å². The summed E-state index contributed by atoms with van der Waals surface area (Å²) in [4.78, 5) is 41.4. The van der Waals surface area contributed by atoms with Crippen molar-refractivity contribution in [2.24, 2.45) is 0 Å². The second-order valence-corrected chi connectivity index (χ2v) is 7.79. The van der Waals surface area contributed by atoms with Crippen LogP contribution in [0.15, 0.2) is 54.6 Å². The molecule has 1 aliphatic heterocycles. The lowest BCUT2D eigenvalue weighted by Gasteiger charge is -2.37. The third kappa shape index (κ3) is 5.84. The van der Waals surface area contributed by atoms with Crippen LogP contribution in [0.25, 0.3) is 0 Å². The minimum absolute atomic E-state index is 0.224. The van der Waals surface area contributed by atoms with Crippen molar-refractivity contribution in [3.63, 3.8) is 0 Å². The number of para-hydroxylation sites is 1. The second kappa shape index (κ2) is 10.1. The first-order valence-corrected chi connectivity index (χ1v) is 10.5. The number of carbonyl (C=O) groups is 3. The summed E-state index contributed by atoms with van der Waals surface area (Å²) in [5.74, 6) is -1.22. The van der Waals surface area contributed by atoms with Gasteiger partial charge in [-0.15, -0.1) is 0 Å². The van der Waals surface area contributed by atoms with E-state index in [0.717, 1.165) is 24.3 Å². The second-order valence-electron chi connectivity index (χ2n) is 7.79. The van der Waals surface area contributed by atoms with Gasteiger partial charge in [0.1, 0.15) is 6.04 Å². The molecule has 1 aliphatic rings. The van der Waals surface area contributed by atoms with E-state index in [-0.39, 0.29) is 11.8 Å². The predicted molar refractivity (Wildman–Crippen MR) is 119 cm³/mol. The molecule has 1 N–H and O–H groups in total. The summed E-state index contributed by atoms with van der Waals surface area (Å²) >= 11 is 0. The van der Waals surface area contributed by atoms with Crippen LogP contribution >= 0.6 is 0 Å². The van der Waals surface area contributed by atoms with Crippen molar-refractivity contribution in [3.8, 4) is 0 Å². The summed E-state index contributed by atoms with van der Waals surface area (Å²) in [6, 6.07) is 16.3. The van der Waals surface area contributed by atoms with Crippen LogP contribution in [0.2, 0.25) is 0 Å². The summed E-state index contributed by atoms with van der Waals surface area (Å²) in [7, 11) is 0. The molecule has 0 bridgehead atoms. The van der Waals surface area contributed by atoms with Crippen LogP contribution in [-0.2, 0) is 14.3 Å². The zero-order valence-corrected chi connectivity index (χ0v) is 18.2. The fourth-order valence-electron chi connectivity index (χ4n) is 3.53. The van der Waals surface area contributed by atoms with Crippen molar-refractivity contribution in [3.05, 3.63) is 65.7 Å². The van der Waals surface area contributed by atoms with Gasteiger partial charge in [0.25, 0.3) is 11.8 Å². The van der Waals surface area contributed by atoms with Crippen LogP contribution in [0.1, 0.15) is 29.8 Å². The molecular weight excluding hydrogens is 394 g/mol. The zero-order valence-electron chi connectivity index (χ0n) is 18.2. The third-order valence-electron chi connectivity index (χ3n) is 5.33. The van der Waals surface area contributed by atoms with E-state index in [1.807, 2.05) is 43.3 Å². The lowest BCUT2D eigenvalue weighted by Crippen LogP contribution is -2.52. The van der Waals surface area contributed by atoms with Crippen molar-refractivity contribution in [2.45, 2.75) is 32.9 Å². The van der Waals surface area contributed by atoms with Gasteiger partial charge in [-0.3, -0.25) is 9.59 Å². The number of hydrogen-bond donors (Lipinski definition) is 1. The number of aryl methyl sites for hydroxylation is 1. The molecule has 0 saturated carbocycles. The molecule has 0 radical (unpaired) electrons. The summed E-state index contributed by atoms with van der Waals surface area (Å²) in [5, 5.41) is 2.63. The Hall–Kier alpha value is -3.35. The molecule has 0 aromatic heterocycles. The van der Waals surface area contributed by atoms with E-state index in [9.17, 15) is 14.4 Å². The highest BCUT2D eigenvalue weighted by Gasteiger charge is 2.29. The summed E-state index contributed by atoms with van der Waals surface area (Å²) in [6.07, 6.45) is -0.908. The first-order valence-electron chi connectivity index (χ1n) is 10.5. The Morgan fingerprint density at radius 2 is 1.61 bits per heavy atom. The third-order valence-corrected chi connectivity index (χ3v) is 5.33. The maximum absolute atomic E-state index is 12.7. The molecule has 0 unspecified atom stereocenters. The zero-order chi connectivity index (χ0) is 22.4. The Labute approximate surface area is 183 Å². The predicted octanol–water partition coefficient (Wildman–Crippen LogP) is 2.39. The quantitative estimate of drug-likeness (QED) is 0.722. The van der Waals surface area contributed by atoms with Crippen molar-refractivity contribution in [1.29, 1.82) is 0 Å². The van der Waals surface area contributed by atoms with Gasteiger partial charge in [0.15, 0.2) is 6.10 Å². The van der Waals surface area contributed by atoms with Gasteiger partial charge in [-0.05, 0) is 45.0 Å². The van der Waals surface area contributed by atoms with Gasteiger partial charge in [0, 0.05) is 37.4 Å². The Balaban J connectivity index is 1.47. The Morgan fingerprint density at radius 1 is 0.935 bits per heavy atom. The highest BCUT2D eigenvalue weighted by molar-refractivity contribution is 5.97. The largest absolute Gasteiger partial charge is 0.451 e. The van der Waals surface area contributed by atoms with Crippen molar-refractivity contribution in [1.82, 2.24) is 10.2 Å². The van der Waals surface area contributed by atoms with Crippen LogP contribution in [0, 0.1) is 6.92 Å². The lowest BCUT2D eigenvalue weighted by molar-refractivity contribution is -0.160. The molecule has 1 heterocycles. The number of nitrogens with zero attached hydrogens (tertiary/aromatic N) is 2. The minimum atomic E-state index is -0.908. The molecule has 1 fully saturated rings. The molecule has 31 heavy (non-hydrogen) atoms. The molecule has 7 nitrogen and oxygen atoms in total. The van der Waals surface area contributed by atoms with E-state index in [1.54, 1.807) is 36.9 Å². The molecular formula is C24H29N3O4. The van der Waals surface area contributed by atoms with Gasteiger partial charge < -0.3 is 19.9 Å². The lowest BCUT2D eigenvalue weighted by atomic mass is 10.1. The first-order chi connectivity index (χ1) is 14.8. The molecule has 164 valence electrons. The fourth-order valence-corrected chi connectivity index (χ4v) is 3.53. The summed E-state index contributed by atoms with van der Waals surface area (Å²) in [5.41, 5.74) is 2.56. The average Bonchev–Trinajstić information content (AvgIpc) is 2.79. The number of benzene rings is 2. The number of carbonyl (C=O) groups excluding carboxylic acids is 3. The fraction of sp³-hybridized carbons (Fsp3) is 0.375. The summed E-state index contributed by atoms with van der Waals surface area (Å²) in [6.45, 7) is 7.58. The number of nitrogens with one attached hydrogen (secondary N) is 1. The molecule has 2 atom stereocenters. The molecule has 0 spiro atoms. The van der Waals surface area contributed by atoms with Gasteiger partial charge in [0.2, 0.25) is 0 Å². The number of esters is 1. The van der Waals surface area contributed by atoms with E-state index >= 15 is 0 Å². The number of amides is 2. The molecule has 7 heteroatoms. The van der Waals surface area contributed by atoms with Crippen molar-refractivity contribution >= 4 is 23.5 Å². The van der Waals surface area contributed by atoms with Gasteiger partial charge in [-0.1, -0.05) is 35.9 Å². The highest BCUT2D eigenvalue weighted by atomic mass is 16.5. The molecule has 1 saturated heterocycles. The minimum Gasteiger partial charge on any atom is -0.451 e. The Bertz CT molecular complexity index is 923. The SMILES string of the molecule is Cc1cccc(C(=O)N[C@@H](C)C(=O)O[C@@H](C)C(=O)N2CCN(c3ccccc3)CC2)c1. The van der Waals surface area contributed by atoms with E-state index < -0.39 is 18.1 Å². The van der Waals surface area contributed by atoms with Crippen LogP contribution in [-0.4, -0.2) is 61.0 Å². The molecule has 0 aliphatic carbocycles. The average molecular weight is 424 g/mol. The topological polar surface area (TPSA) is 78.9 Å². The van der Waals surface area contributed by atoms with Gasteiger partial charge in [0.05, 0.1) is 0 Å². The van der Waals surface area contributed by atoms with E-state index in [4.69, 9.17) is 4.74 Å². The van der Waals surface area contributed by atoms with E-state index in [2.05, 4.69) is 10.2 Å². The van der Waals surface area contributed by atoms with Crippen molar-refractivity contribution < 1.29 is 19.1 Å². The molecule has 2 aromatic rings. The first kappa shape index (κ1) is 22.3. The van der Waals surface area contributed by atoms with Crippen LogP contribution < -0.4 is 10.2 Å². The Kier molecular flexibility index (Phi) is 7.28. The number of anilines is 1. The summed E-state index contributed by atoms with van der Waals surface area (Å²) < 4.78 is 5.34. The number of hydrogen-bond acceptors (Lipinski definition) is 5. The maximum atomic E-state index is 12.7. The van der Waals surface area contributed by atoms with Crippen LogP contribution in [0.5, 0.6) is 0 Å². The monoisotopic (exact) mass is 423 g/mol. The number of piperazine rings is 1. The molecule has 3 rings (SSSR count). The molecule has 2 aromatic carbocycles.